The highest BCUT2D eigenvalue weighted by molar-refractivity contribution is 5.98. The summed E-state index contributed by atoms with van der Waals surface area (Å²) in [7, 11) is 0. The maximum atomic E-state index is 13.0. The van der Waals surface area contributed by atoms with E-state index in [4.69, 9.17) is 12.2 Å². The second kappa shape index (κ2) is 7.83. The van der Waals surface area contributed by atoms with Crippen molar-refractivity contribution in [3.63, 3.8) is 0 Å². The Balaban J connectivity index is 2.49. The Morgan fingerprint density at radius 1 is 1.24 bits per heavy atom. The number of nitrogens with two attached hydrogens (primary N) is 1. The molecule has 0 unspecified atom stereocenters. The van der Waals surface area contributed by atoms with Gasteiger partial charge in [-0.1, -0.05) is 5.92 Å². The van der Waals surface area contributed by atoms with Crippen molar-refractivity contribution in [1.82, 2.24) is 4.98 Å². The summed E-state index contributed by atoms with van der Waals surface area (Å²) in [6.45, 7) is 3.09. The van der Waals surface area contributed by atoms with Gasteiger partial charge in [0.25, 0.3) is 5.91 Å². The van der Waals surface area contributed by atoms with Gasteiger partial charge in [-0.05, 0) is 44.2 Å². The van der Waals surface area contributed by atoms with E-state index in [0.29, 0.717) is 12.1 Å². The van der Waals surface area contributed by atoms with E-state index < -0.39 is 41.3 Å². The number of amides is 2. The first-order valence-corrected chi connectivity index (χ1v) is 8.32. The highest BCUT2D eigenvalue weighted by atomic mass is 19.4. The van der Waals surface area contributed by atoms with Crippen molar-refractivity contribution in [3.8, 4) is 18.1 Å². The van der Waals surface area contributed by atoms with Gasteiger partial charge in [0.15, 0.2) is 0 Å². The number of carbonyl (C=O) groups excluding carboxylic acids is 2. The SMILES string of the molecule is C#CC(C)(C)N(C(=O)Cc1cc(C(F)(F)F)ccc1O)c1ccnc(C(N)=O)c1. The molecule has 152 valence electrons. The molecule has 2 aromatic rings. The number of hydrogen-bond donors (Lipinski definition) is 2. The number of terminal acetylenes is 1. The predicted octanol–water partition coefficient (Wildman–Crippen LogP) is 2.89. The molecule has 0 aliphatic heterocycles. The van der Waals surface area contributed by atoms with Crippen LogP contribution in [0.1, 0.15) is 35.5 Å². The van der Waals surface area contributed by atoms with E-state index in [1.807, 2.05) is 0 Å². The van der Waals surface area contributed by atoms with Gasteiger partial charge >= 0.3 is 6.18 Å². The van der Waals surface area contributed by atoms with Crippen molar-refractivity contribution >= 4 is 17.5 Å². The van der Waals surface area contributed by atoms with Crippen LogP contribution in [0, 0.1) is 12.3 Å². The maximum absolute atomic E-state index is 13.0. The number of aromatic hydroxyl groups is 1. The highest BCUT2D eigenvalue weighted by Crippen LogP contribution is 2.33. The molecule has 0 aliphatic rings. The van der Waals surface area contributed by atoms with E-state index in [0.717, 1.165) is 11.0 Å². The van der Waals surface area contributed by atoms with Gasteiger partial charge in [0.05, 0.1) is 12.0 Å². The average Bonchev–Trinajstić information content (AvgIpc) is 2.62. The van der Waals surface area contributed by atoms with Crippen molar-refractivity contribution < 1.29 is 27.9 Å². The van der Waals surface area contributed by atoms with Gasteiger partial charge in [-0.25, -0.2) is 0 Å². The van der Waals surface area contributed by atoms with Gasteiger partial charge in [0.1, 0.15) is 17.0 Å². The van der Waals surface area contributed by atoms with Gasteiger partial charge in [-0.2, -0.15) is 13.2 Å². The second-order valence-corrected chi connectivity index (χ2v) is 6.71. The third-order valence-electron chi connectivity index (χ3n) is 4.16. The smallest absolute Gasteiger partial charge is 0.416 e. The number of pyridine rings is 1. The fraction of sp³-hybridized carbons (Fsp3) is 0.250. The largest absolute Gasteiger partial charge is 0.508 e. The normalized spacial score (nSPS) is 11.6. The molecular formula is C20H18F3N3O3. The summed E-state index contributed by atoms with van der Waals surface area (Å²) in [5, 5.41) is 9.93. The number of phenolic OH excluding ortho intramolecular Hbond substituents is 1. The Morgan fingerprint density at radius 3 is 2.45 bits per heavy atom. The number of carbonyl (C=O) groups is 2. The van der Waals surface area contributed by atoms with Crippen molar-refractivity contribution in [2.45, 2.75) is 32.0 Å². The molecular weight excluding hydrogens is 387 g/mol. The van der Waals surface area contributed by atoms with Crippen LogP contribution in [-0.4, -0.2) is 27.4 Å². The Kier molecular flexibility index (Phi) is 5.88. The van der Waals surface area contributed by atoms with Crippen LogP contribution in [0.5, 0.6) is 5.75 Å². The van der Waals surface area contributed by atoms with Crippen LogP contribution in [0.25, 0.3) is 0 Å². The number of benzene rings is 1. The van der Waals surface area contributed by atoms with Crippen LogP contribution < -0.4 is 10.6 Å². The molecule has 0 aliphatic carbocycles. The number of aromatic nitrogens is 1. The van der Waals surface area contributed by atoms with Crippen molar-refractivity contribution in [1.29, 1.82) is 0 Å². The number of phenols is 1. The third kappa shape index (κ3) is 4.85. The lowest BCUT2D eigenvalue weighted by atomic mass is 9.99. The van der Waals surface area contributed by atoms with Crippen molar-refractivity contribution in [2.75, 3.05) is 4.90 Å². The molecule has 0 saturated carbocycles. The lowest BCUT2D eigenvalue weighted by molar-refractivity contribution is -0.137. The van der Waals surface area contributed by atoms with E-state index in [1.54, 1.807) is 13.8 Å². The molecule has 6 nitrogen and oxygen atoms in total. The summed E-state index contributed by atoms with van der Waals surface area (Å²) in [5.74, 6) is 0.455. The first kappa shape index (κ1) is 21.8. The third-order valence-corrected chi connectivity index (χ3v) is 4.16. The van der Waals surface area contributed by atoms with Crippen LogP contribution in [0.2, 0.25) is 0 Å². The number of halogens is 3. The molecule has 0 spiro atoms. The Labute approximate surface area is 165 Å². The summed E-state index contributed by atoms with van der Waals surface area (Å²) >= 11 is 0. The lowest BCUT2D eigenvalue weighted by Crippen LogP contribution is -2.48. The Morgan fingerprint density at radius 2 is 1.90 bits per heavy atom. The molecule has 9 heteroatoms. The van der Waals surface area contributed by atoms with E-state index in [9.17, 15) is 27.9 Å². The Hall–Kier alpha value is -3.54. The summed E-state index contributed by atoms with van der Waals surface area (Å²) in [6.07, 6.45) is 1.59. The topological polar surface area (TPSA) is 96.5 Å². The van der Waals surface area contributed by atoms with Gasteiger partial charge in [0.2, 0.25) is 5.91 Å². The zero-order chi connectivity index (χ0) is 22.0. The minimum Gasteiger partial charge on any atom is -0.508 e. The second-order valence-electron chi connectivity index (χ2n) is 6.71. The van der Waals surface area contributed by atoms with Crippen LogP contribution >= 0.6 is 0 Å². The molecule has 29 heavy (non-hydrogen) atoms. The molecule has 0 radical (unpaired) electrons. The van der Waals surface area contributed by atoms with Crippen LogP contribution in [0.3, 0.4) is 0 Å². The molecule has 0 bridgehead atoms. The number of anilines is 1. The molecule has 0 atom stereocenters. The average molecular weight is 405 g/mol. The van der Waals surface area contributed by atoms with Gasteiger partial charge in [-0.15, -0.1) is 6.42 Å². The number of nitrogens with zero attached hydrogens (tertiary/aromatic N) is 2. The van der Waals surface area contributed by atoms with E-state index >= 15 is 0 Å². The molecule has 3 N–H and O–H groups in total. The summed E-state index contributed by atoms with van der Waals surface area (Å²) in [6, 6.07) is 4.96. The fourth-order valence-electron chi connectivity index (χ4n) is 2.68. The van der Waals surface area contributed by atoms with Crippen LogP contribution in [-0.2, 0) is 17.4 Å². The Bertz CT molecular complexity index is 994. The monoisotopic (exact) mass is 405 g/mol. The van der Waals surface area contributed by atoms with E-state index in [-0.39, 0.29) is 16.9 Å². The molecule has 0 fully saturated rings. The zero-order valence-electron chi connectivity index (χ0n) is 15.6. The van der Waals surface area contributed by atoms with Gasteiger partial charge in [-0.3, -0.25) is 19.5 Å². The highest BCUT2D eigenvalue weighted by Gasteiger charge is 2.34. The van der Waals surface area contributed by atoms with Gasteiger partial charge < -0.3 is 10.8 Å². The molecule has 2 amide bonds. The zero-order valence-corrected chi connectivity index (χ0v) is 15.6. The van der Waals surface area contributed by atoms with Crippen LogP contribution in [0.4, 0.5) is 18.9 Å². The number of hydrogen-bond acceptors (Lipinski definition) is 4. The minimum atomic E-state index is -4.63. The first-order chi connectivity index (χ1) is 13.4. The van der Waals surface area contributed by atoms with E-state index in [1.165, 1.54) is 18.3 Å². The maximum Gasteiger partial charge on any atom is 0.416 e. The molecule has 1 aromatic carbocycles. The van der Waals surface area contributed by atoms with Gasteiger partial charge in [0, 0.05) is 17.4 Å². The first-order valence-electron chi connectivity index (χ1n) is 8.32. The molecule has 0 saturated heterocycles. The number of alkyl halides is 3. The van der Waals surface area contributed by atoms with Crippen LogP contribution in [0.15, 0.2) is 36.5 Å². The van der Waals surface area contributed by atoms with Crippen molar-refractivity contribution in [3.05, 3.63) is 53.3 Å². The molecule has 2 rings (SSSR count). The molecule has 1 aromatic heterocycles. The predicted molar refractivity (Wildman–Crippen MR) is 100.0 cm³/mol. The quantitative estimate of drug-likeness (QED) is 0.748. The fourth-order valence-corrected chi connectivity index (χ4v) is 2.68. The molecule has 1 heterocycles. The summed E-state index contributed by atoms with van der Waals surface area (Å²) < 4.78 is 38.9. The number of primary amides is 1. The standard InChI is InChI=1S/C20H18F3N3O3/c1-4-19(2,3)26(14-7-8-25-15(11-14)18(24)29)17(28)10-12-9-13(20(21,22)23)5-6-16(12)27/h1,5-9,11,27H,10H2,2-3H3,(H2,24,29). The number of rotatable bonds is 5. The van der Waals surface area contributed by atoms with E-state index in [2.05, 4.69) is 10.9 Å². The van der Waals surface area contributed by atoms with Crippen molar-refractivity contribution in [2.24, 2.45) is 5.73 Å². The minimum absolute atomic E-state index is 0.116. The summed E-state index contributed by atoms with van der Waals surface area (Å²) in [5.41, 5.74) is 2.87. The lowest BCUT2D eigenvalue weighted by Gasteiger charge is -2.35. The summed E-state index contributed by atoms with van der Waals surface area (Å²) in [4.78, 5) is 29.4.